The van der Waals surface area contributed by atoms with E-state index in [0.29, 0.717) is 12.5 Å². The molecule has 0 bridgehead atoms. The molecule has 0 unspecified atom stereocenters. The van der Waals surface area contributed by atoms with Crippen LogP contribution in [-0.4, -0.2) is 43.7 Å². The monoisotopic (exact) mass is 251 g/mol. The van der Waals surface area contributed by atoms with Crippen LogP contribution in [0.4, 0.5) is 0 Å². The summed E-state index contributed by atoms with van der Waals surface area (Å²) in [4.78, 5) is 6.47. The highest BCUT2D eigenvalue weighted by Crippen LogP contribution is 2.08. The Morgan fingerprint density at radius 2 is 2.11 bits per heavy atom. The summed E-state index contributed by atoms with van der Waals surface area (Å²) in [6, 6.07) is 3.99. The van der Waals surface area contributed by atoms with E-state index < -0.39 is 0 Å². The maximum absolute atomic E-state index is 5.59. The number of pyridine rings is 1. The summed E-state index contributed by atoms with van der Waals surface area (Å²) in [5.74, 6) is 1.50. The van der Waals surface area contributed by atoms with E-state index in [2.05, 4.69) is 29.0 Å². The van der Waals surface area contributed by atoms with Gasteiger partial charge in [-0.15, -0.1) is 0 Å². The Balaban J connectivity index is 2.28. The van der Waals surface area contributed by atoms with Crippen LogP contribution in [0.15, 0.2) is 18.3 Å². The molecule has 4 heteroatoms. The van der Waals surface area contributed by atoms with Crippen molar-refractivity contribution in [3.8, 4) is 5.75 Å². The Hall–Kier alpha value is -1.13. The molecule has 1 aromatic heterocycles. The van der Waals surface area contributed by atoms with Crippen LogP contribution in [0.5, 0.6) is 5.75 Å². The summed E-state index contributed by atoms with van der Waals surface area (Å²) in [6.07, 6.45) is 1.79. The first-order valence-corrected chi connectivity index (χ1v) is 6.51. The molecule has 0 fully saturated rings. The quantitative estimate of drug-likeness (QED) is 0.764. The number of aromatic nitrogens is 1. The minimum absolute atomic E-state index is 0.665. The lowest BCUT2D eigenvalue weighted by atomic mass is 10.2. The Bertz CT molecular complexity index is 289. The van der Waals surface area contributed by atoms with Crippen molar-refractivity contribution < 1.29 is 4.74 Å². The number of hydrogen-bond acceptors (Lipinski definition) is 4. The largest absolute Gasteiger partial charge is 0.491 e. The summed E-state index contributed by atoms with van der Waals surface area (Å²) >= 11 is 0. The lowest BCUT2D eigenvalue weighted by Gasteiger charge is -2.11. The zero-order valence-electron chi connectivity index (χ0n) is 11.9. The third-order valence-electron chi connectivity index (χ3n) is 2.46. The fourth-order valence-corrected chi connectivity index (χ4v) is 1.44. The zero-order valence-corrected chi connectivity index (χ0v) is 11.9. The molecule has 18 heavy (non-hydrogen) atoms. The van der Waals surface area contributed by atoms with Gasteiger partial charge in [-0.3, -0.25) is 4.98 Å². The van der Waals surface area contributed by atoms with Gasteiger partial charge in [-0.1, -0.05) is 13.8 Å². The second-order valence-electron chi connectivity index (χ2n) is 5.16. The van der Waals surface area contributed by atoms with Crippen molar-refractivity contribution in [2.24, 2.45) is 5.92 Å². The number of rotatable bonds is 8. The molecule has 102 valence electrons. The van der Waals surface area contributed by atoms with Crippen molar-refractivity contribution >= 4 is 0 Å². The van der Waals surface area contributed by atoms with Crippen molar-refractivity contribution in [1.82, 2.24) is 15.2 Å². The molecular weight excluding hydrogens is 226 g/mol. The average Bonchev–Trinajstić information content (AvgIpc) is 2.30. The summed E-state index contributed by atoms with van der Waals surface area (Å²) in [5, 5.41) is 3.37. The van der Waals surface area contributed by atoms with Gasteiger partial charge >= 0.3 is 0 Å². The molecule has 1 N–H and O–H groups in total. The van der Waals surface area contributed by atoms with E-state index in [-0.39, 0.29) is 0 Å². The molecule has 0 aliphatic carbocycles. The molecule has 0 amide bonds. The molecule has 0 aliphatic rings. The number of hydrogen-bond donors (Lipinski definition) is 1. The fourth-order valence-electron chi connectivity index (χ4n) is 1.44. The van der Waals surface area contributed by atoms with Crippen molar-refractivity contribution in [2.45, 2.75) is 20.4 Å². The Labute approximate surface area is 110 Å². The number of likely N-dealkylation sites (N-methyl/N-ethyl adjacent to an activating group) is 1. The van der Waals surface area contributed by atoms with E-state index in [1.54, 1.807) is 6.20 Å². The van der Waals surface area contributed by atoms with Crippen molar-refractivity contribution in [1.29, 1.82) is 0 Å². The van der Waals surface area contributed by atoms with E-state index >= 15 is 0 Å². The first kappa shape index (κ1) is 14.9. The van der Waals surface area contributed by atoms with Gasteiger partial charge in [-0.25, -0.2) is 0 Å². The third kappa shape index (κ3) is 6.57. The highest BCUT2D eigenvalue weighted by Gasteiger charge is 1.99. The maximum atomic E-state index is 5.59. The van der Waals surface area contributed by atoms with Crippen LogP contribution in [0.3, 0.4) is 0 Å². The minimum Gasteiger partial charge on any atom is -0.491 e. The lowest BCUT2D eigenvalue weighted by Crippen LogP contribution is -2.20. The van der Waals surface area contributed by atoms with Gasteiger partial charge in [0.1, 0.15) is 12.4 Å². The van der Waals surface area contributed by atoms with Gasteiger partial charge < -0.3 is 15.0 Å². The normalized spacial score (nSPS) is 11.2. The SMILES string of the molecule is CC(C)CNCc1ccc(OCCN(C)C)cn1. The van der Waals surface area contributed by atoms with Crippen LogP contribution >= 0.6 is 0 Å². The summed E-state index contributed by atoms with van der Waals surface area (Å²) in [7, 11) is 4.07. The molecule has 0 radical (unpaired) electrons. The summed E-state index contributed by atoms with van der Waals surface area (Å²) < 4.78 is 5.59. The minimum atomic E-state index is 0.665. The highest BCUT2D eigenvalue weighted by atomic mass is 16.5. The topological polar surface area (TPSA) is 37.4 Å². The molecule has 1 rings (SSSR count). The van der Waals surface area contributed by atoms with Crippen molar-refractivity contribution in [2.75, 3.05) is 33.8 Å². The average molecular weight is 251 g/mol. The zero-order chi connectivity index (χ0) is 13.4. The van der Waals surface area contributed by atoms with E-state index in [0.717, 1.165) is 31.1 Å². The predicted molar refractivity (Wildman–Crippen MR) is 74.8 cm³/mol. The van der Waals surface area contributed by atoms with Crippen molar-refractivity contribution in [3.63, 3.8) is 0 Å². The van der Waals surface area contributed by atoms with Crippen LogP contribution in [0.25, 0.3) is 0 Å². The molecule has 0 saturated carbocycles. The van der Waals surface area contributed by atoms with Gasteiger partial charge in [0.05, 0.1) is 11.9 Å². The Morgan fingerprint density at radius 3 is 2.67 bits per heavy atom. The second-order valence-corrected chi connectivity index (χ2v) is 5.16. The molecule has 1 aromatic rings. The first-order chi connectivity index (χ1) is 8.58. The van der Waals surface area contributed by atoms with Crippen LogP contribution in [0, 0.1) is 5.92 Å². The molecule has 0 spiro atoms. The molecule has 1 heterocycles. The predicted octanol–water partition coefficient (Wildman–Crippen LogP) is 1.77. The van der Waals surface area contributed by atoms with E-state index in [1.165, 1.54) is 0 Å². The molecule has 0 atom stereocenters. The smallest absolute Gasteiger partial charge is 0.137 e. The summed E-state index contributed by atoms with van der Waals surface area (Å²) in [6.45, 7) is 7.83. The number of nitrogens with one attached hydrogen (secondary N) is 1. The van der Waals surface area contributed by atoms with E-state index in [4.69, 9.17) is 4.74 Å². The second kappa shape index (κ2) is 8.06. The molecule has 0 aliphatic heterocycles. The number of nitrogens with zero attached hydrogens (tertiary/aromatic N) is 2. The third-order valence-corrected chi connectivity index (χ3v) is 2.46. The van der Waals surface area contributed by atoms with Gasteiger partial charge in [0.25, 0.3) is 0 Å². The van der Waals surface area contributed by atoms with Gasteiger partial charge in [0.15, 0.2) is 0 Å². The fraction of sp³-hybridized carbons (Fsp3) is 0.643. The van der Waals surface area contributed by atoms with Crippen LogP contribution in [0.1, 0.15) is 19.5 Å². The molecule has 4 nitrogen and oxygen atoms in total. The first-order valence-electron chi connectivity index (χ1n) is 6.51. The molecule has 0 saturated heterocycles. The van der Waals surface area contributed by atoms with Gasteiger partial charge in [0.2, 0.25) is 0 Å². The van der Waals surface area contributed by atoms with Crippen LogP contribution in [-0.2, 0) is 6.54 Å². The van der Waals surface area contributed by atoms with Crippen LogP contribution < -0.4 is 10.1 Å². The Kier molecular flexibility index (Phi) is 6.68. The summed E-state index contributed by atoms with van der Waals surface area (Å²) in [5.41, 5.74) is 1.05. The van der Waals surface area contributed by atoms with Gasteiger partial charge in [0, 0.05) is 13.1 Å². The standard InChI is InChI=1S/C14H25N3O/c1-12(2)9-15-10-13-5-6-14(11-16-13)18-8-7-17(3)4/h5-6,11-12,15H,7-10H2,1-4H3. The van der Waals surface area contributed by atoms with E-state index in [9.17, 15) is 0 Å². The Morgan fingerprint density at radius 1 is 1.33 bits per heavy atom. The molecular formula is C14H25N3O. The highest BCUT2D eigenvalue weighted by molar-refractivity contribution is 5.19. The van der Waals surface area contributed by atoms with Crippen molar-refractivity contribution in [3.05, 3.63) is 24.0 Å². The molecule has 0 aromatic carbocycles. The van der Waals surface area contributed by atoms with E-state index in [1.807, 2.05) is 26.2 Å². The van der Waals surface area contributed by atoms with Gasteiger partial charge in [-0.2, -0.15) is 0 Å². The maximum Gasteiger partial charge on any atom is 0.137 e. The van der Waals surface area contributed by atoms with Gasteiger partial charge in [-0.05, 0) is 38.7 Å². The number of ether oxygens (including phenoxy) is 1. The lowest BCUT2D eigenvalue weighted by molar-refractivity contribution is 0.260. The van der Waals surface area contributed by atoms with Crippen LogP contribution in [0.2, 0.25) is 0 Å².